The lowest BCUT2D eigenvalue weighted by Crippen LogP contribution is -2.42. The maximum Gasteiger partial charge on any atom is 0.416 e. The van der Waals surface area contributed by atoms with Crippen molar-refractivity contribution < 1.29 is 13.2 Å². The molecule has 25 heavy (non-hydrogen) atoms. The molecule has 0 radical (unpaired) electrons. The highest BCUT2D eigenvalue weighted by Gasteiger charge is 2.29. The van der Waals surface area contributed by atoms with Crippen LogP contribution in [0.4, 0.5) is 13.2 Å². The van der Waals surface area contributed by atoms with E-state index in [9.17, 15) is 13.2 Å². The molecular weight excluding hydrogens is 337 g/mol. The van der Waals surface area contributed by atoms with E-state index in [-0.39, 0.29) is 0 Å². The first kappa shape index (κ1) is 17.5. The van der Waals surface area contributed by atoms with Gasteiger partial charge in [0, 0.05) is 0 Å². The van der Waals surface area contributed by atoms with Crippen LogP contribution >= 0.6 is 0 Å². The number of halogens is 3. The maximum absolute atomic E-state index is 12.7. The van der Waals surface area contributed by atoms with Crippen LogP contribution in [0.1, 0.15) is 11.1 Å². The molecule has 0 aliphatic rings. The Hall–Kier alpha value is -2.33. The zero-order valence-corrected chi connectivity index (χ0v) is 14.9. The molecule has 0 nitrogen and oxygen atoms in total. The summed E-state index contributed by atoms with van der Waals surface area (Å²) in [4.78, 5) is 0. The van der Waals surface area contributed by atoms with E-state index in [2.05, 4.69) is 48.5 Å². The Morgan fingerprint density at radius 3 is 1.56 bits per heavy atom. The minimum Gasteiger partial charge on any atom is -0.166 e. The molecule has 3 rings (SSSR count). The fraction of sp³-hybridized carbons (Fsp3) is 0.143. The predicted molar refractivity (Wildman–Crippen MR) is 99.3 cm³/mol. The van der Waals surface area contributed by atoms with E-state index < -0.39 is 20.5 Å². The van der Waals surface area contributed by atoms with Gasteiger partial charge in [0.15, 0.2) is 0 Å². The van der Waals surface area contributed by atoms with Crippen molar-refractivity contribution in [3.63, 3.8) is 0 Å². The largest absolute Gasteiger partial charge is 0.416 e. The lowest BCUT2D eigenvalue weighted by molar-refractivity contribution is -0.137. The fourth-order valence-corrected chi connectivity index (χ4v) is 6.12. The maximum atomic E-state index is 12.7. The van der Waals surface area contributed by atoms with Crippen LogP contribution in [0.5, 0.6) is 0 Å². The van der Waals surface area contributed by atoms with Crippen molar-refractivity contribution in [3.05, 3.63) is 96.1 Å². The first-order chi connectivity index (χ1) is 12.0. The van der Waals surface area contributed by atoms with Crippen LogP contribution in [0.3, 0.4) is 0 Å². The summed E-state index contributed by atoms with van der Waals surface area (Å²) in [6.45, 7) is 0. The quantitative estimate of drug-likeness (QED) is 0.598. The second kappa shape index (κ2) is 7.70. The summed E-state index contributed by atoms with van der Waals surface area (Å²) in [7, 11) is -1.39. The summed E-state index contributed by atoms with van der Waals surface area (Å²) in [5, 5.41) is 2.72. The predicted octanol–water partition coefficient (Wildman–Crippen LogP) is 4.29. The average molecular weight is 356 g/mol. The first-order valence-electron chi connectivity index (χ1n) is 8.30. The molecule has 0 saturated heterocycles. The van der Waals surface area contributed by atoms with Gasteiger partial charge in [-0.25, -0.2) is 0 Å². The van der Waals surface area contributed by atoms with Gasteiger partial charge in [-0.05, 0) is 30.2 Å². The Kier molecular flexibility index (Phi) is 5.39. The zero-order valence-electron chi connectivity index (χ0n) is 13.7. The zero-order chi connectivity index (χ0) is 17.7. The molecular formula is C21H19F3Si. The Morgan fingerprint density at radius 1 is 0.640 bits per heavy atom. The van der Waals surface area contributed by atoms with Gasteiger partial charge in [-0.3, -0.25) is 0 Å². The monoisotopic (exact) mass is 356 g/mol. The number of aryl methyl sites for hydroxylation is 1. The Labute approximate surface area is 147 Å². The molecule has 0 aliphatic carbocycles. The van der Waals surface area contributed by atoms with Crippen LogP contribution in [-0.4, -0.2) is 8.80 Å². The van der Waals surface area contributed by atoms with Gasteiger partial charge in [0.05, 0.1) is 5.56 Å². The third-order valence-corrected chi connectivity index (χ3v) is 7.65. The number of hydrogen-bond donors (Lipinski definition) is 0. The summed E-state index contributed by atoms with van der Waals surface area (Å²) >= 11 is 0. The summed E-state index contributed by atoms with van der Waals surface area (Å²) in [6.07, 6.45) is -3.48. The second-order valence-electron chi connectivity index (χ2n) is 6.11. The van der Waals surface area contributed by atoms with Gasteiger partial charge >= 0.3 is 6.18 Å². The van der Waals surface area contributed by atoms with E-state index in [1.165, 1.54) is 22.5 Å². The molecule has 0 unspecified atom stereocenters. The number of rotatable bonds is 5. The smallest absolute Gasteiger partial charge is 0.166 e. The molecule has 0 bridgehead atoms. The minimum absolute atomic E-state index is 0.587. The van der Waals surface area contributed by atoms with E-state index in [1.807, 2.05) is 12.1 Å². The van der Waals surface area contributed by atoms with Crippen molar-refractivity contribution in [1.82, 2.24) is 0 Å². The van der Waals surface area contributed by atoms with Crippen LogP contribution in [0.25, 0.3) is 0 Å². The molecule has 0 N–H and O–H groups in total. The third-order valence-electron chi connectivity index (χ3n) is 4.41. The minimum atomic E-state index is -4.27. The SMILES string of the molecule is FC(F)(F)c1ccc(CC[SiH](c2ccccc2)c2ccccc2)cc1. The highest BCUT2D eigenvalue weighted by molar-refractivity contribution is 6.85. The number of benzene rings is 3. The molecule has 0 heterocycles. The summed E-state index contributed by atoms with van der Waals surface area (Å²) in [6, 6.07) is 27.4. The molecule has 0 atom stereocenters. The van der Waals surface area contributed by atoms with E-state index in [4.69, 9.17) is 0 Å². The molecule has 0 saturated carbocycles. The molecule has 0 aromatic heterocycles. The van der Waals surface area contributed by atoms with Gasteiger partial charge in [0.1, 0.15) is 8.80 Å². The Balaban J connectivity index is 1.77. The van der Waals surface area contributed by atoms with Gasteiger partial charge in [0.2, 0.25) is 0 Å². The van der Waals surface area contributed by atoms with Crippen LogP contribution < -0.4 is 10.4 Å². The highest BCUT2D eigenvalue weighted by atomic mass is 28.3. The molecule has 4 heteroatoms. The lowest BCUT2D eigenvalue weighted by Gasteiger charge is -2.17. The molecule has 128 valence electrons. The van der Waals surface area contributed by atoms with Crippen LogP contribution in [0.2, 0.25) is 6.04 Å². The molecule has 0 spiro atoms. The topological polar surface area (TPSA) is 0 Å². The molecule has 0 aliphatic heterocycles. The highest BCUT2D eigenvalue weighted by Crippen LogP contribution is 2.29. The van der Waals surface area contributed by atoms with Crippen molar-refractivity contribution >= 4 is 19.2 Å². The third kappa shape index (κ3) is 4.60. The number of alkyl halides is 3. The first-order valence-corrected chi connectivity index (χ1v) is 10.3. The van der Waals surface area contributed by atoms with Gasteiger partial charge in [-0.2, -0.15) is 13.2 Å². The summed E-state index contributed by atoms with van der Waals surface area (Å²) in [5.74, 6) is 0. The van der Waals surface area contributed by atoms with Gasteiger partial charge in [-0.15, -0.1) is 0 Å². The summed E-state index contributed by atoms with van der Waals surface area (Å²) < 4.78 is 38.0. The van der Waals surface area contributed by atoms with Gasteiger partial charge < -0.3 is 0 Å². The van der Waals surface area contributed by atoms with Crippen molar-refractivity contribution in [3.8, 4) is 0 Å². The van der Waals surface area contributed by atoms with E-state index in [0.717, 1.165) is 18.0 Å². The number of hydrogen-bond acceptors (Lipinski definition) is 0. The van der Waals surface area contributed by atoms with Gasteiger partial charge in [0.25, 0.3) is 0 Å². The lowest BCUT2D eigenvalue weighted by atomic mass is 10.1. The second-order valence-corrected chi connectivity index (χ2v) is 9.12. The van der Waals surface area contributed by atoms with E-state index in [0.29, 0.717) is 0 Å². The molecule has 0 amide bonds. The average Bonchev–Trinajstić information content (AvgIpc) is 2.63. The molecule has 0 fully saturated rings. The Bertz CT molecular complexity index is 741. The van der Waals surface area contributed by atoms with Crippen molar-refractivity contribution in [1.29, 1.82) is 0 Å². The van der Waals surface area contributed by atoms with E-state index >= 15 is 0 Å². The van der Waals surface area contributed by atoms with Crippen molar-refractivity contribution in [2.75, 3.05) is 0 Å². The molecule has 3 aromatic carbocycles. The molecule has 3 aromatic rings. The fourth-order valence-electron chi connectivity index (χ4n) is 3.07. The normalized spacial score (nSPS) is 11.7. The van der Waals surface area contributed by atoms with Gasteiger partial charge in [-0.1, -0.05) is 83.2 Å². The standard InChI is InChI=1S/C21H19F3Si/c22-21(23,24)18-13-11-17(12-14-18)15-16-25(19-7-3-1-4-8-19)20-9-5-2-6-10-20/h1-14,25H,15-16H2. The van der Waals surface area contributed by atoms with Crippen LogP contribution in [0, 0.1) is 0 Å². The van der Waals surface area contributed by atoms with Crippen molar-refractivity contribution in [2.24, 2.45) is 0 Å². The van der Waals surface area contributed by atoms with Crippen molar-refractivity contribution in [2.45, 2.75) is 18.6 Å². The summed E-state index contributed by atoms with van der Waals surface area (Å²) in [5.41, 5.74) is 0.369. The Morgan fingerprint density at radius 2 is 1.12 bits per heavy atom. The van der Waals surface area contributed by atoms with Crippen LogP contribution in [-0.2, 0) is 12.6 Å². The van der Waals surface area contributed by atoms with Crippen LogP contribution in [0.15, 0.2) is 84.9 Å². The van der Waals surface area contributed by atoms with E-state index in [1.54, 1.807) is 12.1 Å².